The minimum atomic E-state index is -5.17. The first-order valence-electron chi connectivity index (χ1n) is 3.42. The van der Waals surface area contributed by atoms with E-state index in [1.54, 1.807) is 0 Å². The Morgan fingerprint density at radius 3 is 2.21 bits per heavy atom. The number of halogens is 3. The Hall–Kier alpha value is 0.181. The second-order valence-corrected chi connectivity index (χ2v) is 2.55. The van der Waals surface area contributed by atoms with Gasteiger partial charge in [0.1, 0.15) is 12.0 Å². The number of hydrogen-bond acceptors (Lipinski definition) is 2. The zero-order valence-corrected chi connectivity index (χ0v) is 10.5. The molecule has 1 rings (SSSR count). The summed E-state index contributed by atoms with van der Waals surface area (Å²) in [6, 6.07) is 2.26. The van der Waals surface area contributed by atoms with E-state index in [2.05, 4.69) is 0 Å². The van der Waals surface area contributed by atoms with Gasteiger partial charge in [-0.15, -0.1) is 5.46 Å². The van der Waals surface area contributed by atoms with Crippen molar-refractivity contribution >= 4 is 18.7 Å². The maximum absolute atomic E-state index is 12.1. The van der Waals surface area contributed by atoms with Crippen LogP contribution in [0.2, 0.25) is 0 Å². The van der Waals surface area contributed by atoms with Crippen LogP contribution >= 0.6 is 0 Å². The fraction of sp³-hybridized carbons (Fsp3) is 0. The van der Waals surface area contributed by atoms with Gasteiger partial charge in [0.2, 0.25) is 0 Å². The van der Waals surface area contributed by atoms with E-state index in [1.807, 2.05) is 0 Å². The summed E-state index contributed by atoms with van der Waals surface area (Å²) in [4.78, 5) is 10.2. The van der Waals surface area contributed by atoms with Gasteiger partial charge in [-0.2, -0.15) is 0 Å². The third-order valence-electron chi connectivity index (χ3n) is 1.48. The van der Waals surface area contributed by atoms with Gasteiger partial charge in [-0.3, -0.25) is 4.79 Å². The number of carbonyl (C=O) groups excluding carboxylic acids is 1. The van der Waals surface area contributed by atoms with Crippen LogP contribution in [-0.4, -0.2) is 18.4 Å². The van der Waals surface area contributed by atoms with Crippen molar-refractivity contribution < 1.29 is 74.2 Å². The predicted octanol–water partition coefficient (Wildman–Crippen LogP) is -1.74. The van der Waals surface area contributed by atoms with Crippen molar-refractivity contribution in [2.24, 2.45) is 0 Å². The predicted molar refractivity (Wildman–Crippen MR) is 42.2 cm³/mol. The molecule has 0 radical (unpaired) electrons. The molecule has 0 aliphatic heterocycles. The summed E-state index contributed by atoms with van der Waals surface area (Å²) >= 11 is 0. The molecule has 0 saturated heterocycles. The maximum atomic E-state index is 12.1. The van der Waals surface area contributed by atoms with Crippen molar-refractivity contribution in [3.63, 3.8) is 0 Å². The summed E-state index contributed by atoms with van der Waals surface area (Å²) in [5.41, 5.74) is -1.16. The minimum absolute atomic E-state index is 0. The monoisotopic (exact) mass is 228 g/mol. The van der Waals surface area contributed by atoms with E-state index in [1.165, 1.54) is 0 Å². The van der Waals surface area contributed by atoms with Gasteiger partial charge in [-0.1, -0.05) is 6.07 Å². The summed E-state index contributed by atoms with van der Waals surface area (Å²) in [6.07, 6.45) is 0.255. The largest absolute Gasteiger partial charge is 1.00 e. The average molecular weight is 228 g/mol. The first-order valence-corrected chi connectivity index (χ1v) is 3.42. The molecule has 0 aromatic heterocycles. The van der Waals surface area contributed by atoms with Crippen molar-refractivity contribution in [3.8, 4) is 5.75 Å². The van der Waals surface area contributed by atoms with E-state index >= 15 is 0 Å². The van der Waals surface area contributed by atoms with Gasteiger partial charge in [0.05, 0.1) is 0 Å². The second kappa shape index (κ2) is 5.32. The van der Waals surface area contributed by atoms with Crippen LogP contribution in [0.15, 0.2) is 18.2 Å². The Morgan fingerprint density at radius 2 is 1.79 bits per heavy atom. The molecule has 0 heterocycles. The van der Waals surface area contributed by atoms with Gasteiger partial charge in [-0.05, 0) is 12.1 Å². The number of benzene rings is 1. The SMILES string of the molecule is O=Cc1cc(O)cc([B-](F)(F)F)c1.[K+]. The van der Waals surface area contributed by atoms with Crippen LogP contribution in [-0.2, 0) is 0 Å². The minimum Gasteiger partial charge on any atom is -0.508 e. The summed E-state index contributed by atoms with van der Waals surface area (Å²) in [6.45, 7) is -5.17. The number of aldehydes is 1. The van der Waals surface area contributed by atoms with E-state index in [4.69, 9.17) is 5.11 Å². The van der Waals surface area contributed by atoms with E-state index in [9.17, 15) is 17.7 Å². The fourth-order valence-electron chi connectivity index (χ4n) is 0.916. The number of hydrogen-bond donors (Lipinski definition) is 1. The molecule has 0 bridgehead atoms. The molecule has 1 N–H and O–H groups in total. The quantitative estimate of drug-likeness (QED) is 0.482. The molecule has 1 aromatic rings. The van der Waals surface area contributed by atoms with Crippen LogP contribution < -0.4 is 56.8 Å². The van der Waals surface area contributed by atoms with Crippen LogP contribution in [0.1, 0.15) is 10.4 Å². The fourth-order valence-corrected chi connectivity index (χ4v) is 0.916. The summed E-state index contributed by atoms with van der Waals surface area (Å²) in [5, 5.41) is 8.84. The number of phenols is 1. The van der Waals surface area contributed by atoms with Crippen molar-refractivity contribution in [2.45, 2.75) is 0 Å². The summed E-state index contributed by atoms with van der Waals surface area (Å²) < 4.78 is 36.4. The molecule has 2 nitrogen and oxygen atoms in total. The van der Waals surface area contributed by atoms with Crippen LogP contribution in [0.25, 0.3) is 0 Å². The van der Waals surface area contributed by atoms with Crippen molar-refractivity contribution in [1.82, 2.24) is 0 Å². The first kappa shape index (κ1) is 14.2. The zero-order valence-electron chi connectivity index (χ0n) is 7.38. The molecule has 0 unspecified atom stereocenters. The normalized spacial score (nSPS) is 10.5. The van der Waals surface area contributed by atoms with E-state index in [-0.39, 0.29) is 63.2 Å². The zero-order chi connectivity index (χ0) is 10.1. The molecule has 0 spiro atoms. The number of carbonyl (C=O) groups is 1. The van der Waals surface area contributed by atoms with Gasteiger partial charge in [-0.25, -0.2) is 0 Å². The molecule has 0 aliphatic carbocycles. The number of rotatable bonds is 2. The number of aromatic hydroxyl groups is 1. The molecule has 14 heavy (non-hydrogen) atoms. The molecule has 0 aliphatic rings. The molecule has 70 valence electrons. The Kier molecular flexibility index (Phi) is 5.38. The van der Waals surface area contributed by atoms with E-state index in [0.717, 1.165) is 6.07 Å². The molecule has 0 atom stereocenters. The van der Waals surface area contributed by atoms with Gasteiger partial charge in [0.25, 0.3) is 0 Å². The van der Waals surface area contributed by atoms with Gasteiger partial charge in [0, 0.05) is 5.56 Å². The Balaban J connectivity index is 0.00000169. The molecule has 7 heteroatoms. The number of phenolic OH excluding ortho intramolecular Hbond substituents is 1. The van der Waals surface area contributed by atoms with Crippen LogP contribution in [0, 0.1) is 0 Å². The van der Waals surface area contributed by atoms with Crippen molar-refractivity contribution in [2.75, 3.05) is 0 Å². The topological polar surface area (TPSA) is 37.3 Å². The molecule has 0 fully saturated rings. The maximum Gasteiger partial charge on any atom is 1.00 e. The molecule has 0 saturated carbocycles. The summed E-state index contributed by atoms with van der Waals surface area (Å²) in [5.74, 6) is -0.557. The van der Waals surface area contributed by atoms with Crippen molar-refractivity contribution in [1.29, 1.82) is 0 Å². The first-order chi connectivity index (χ1) is 5.93. The van der Waals surface area contributed by atoms with E-state index < -0.39 is 18.2 Å². The third-order valence-corrected chi connectivity index (χ3v) is 1.48. The van der Waals surface area contributed by atoms with Crippen LogP contribution in [0.5, 0.6) is 5.75 Å². The molecule has 0 amide bonds. The smallest absolute Gasteiger partial charge is 0.508 e. The van der Waals surface area contributed by atoms with Crippen molar-refractivity contribution in [3.05, 3.63) is 23.8 Å². The molecular formula is C7H5BF3KO2. The Labute approximate surface area is 121 Å². The van der Waals surface area contributed by atoms with Crippen LogP contribution in [0.4, 0.5) is 12.9 Å². The average Bonchev–Trinajstić information content (AvgIpc) is 2.01. The second-order valence-electron chi connectivity index (χ2n) is 2.55. The molecule has 1 aromatic carbocycles. The van der Waals surface area contributed by atoms with Crippen LogP contribution in [0.3, 0.4) is 0 Å². The molecular weight excluding hydrogens is 223 g/mol. The van der Waals surface area contributed by atoms with Gasteiger partial charge in [0.15, 0.2) is 0 Å². The van der Waals surface area contributed by atoms with E-state index in [0.29, 0.717) is 12.1 Å². The summed E-state index contributed by atoms with van der Waals surface area (Å²) in [7, 11) is 0. The van der Waals surface area contributed by atoms with Gasteiger partial charge >= 0.3 is 58.4 Å². The Morgan fingerprint density at radius 1 is 1.21 bits per heavy atom. The third kappa shape index (κ3) is 3.74. The Bertz CT molecular complexity index is 340. The standard InChI is InChI=1S/C7H5BF3O2.K/c9-8(10,11)6-1-5(4-12)2-7(13)3-6;/h1-4,13H;/q-1;+1. The van der Waals surface area contributed by atoms with Gasteiger partial charge < -0.3 is 18.1 Å².